The zero-order valence-corrected chi connectivity index (χ0v) is 12.6. The van der Waals surface area contributed by atoms with E-state index in [1.807, 2.05) is 6.07 Å². The first-order valence-electron chi connectivity index (χ1n) is 8.34. The fourth-order valence-corrected chi connectivity index (χ4v) is 3.70. The molecule has 1 amide bonds. The molecule has 0 heterocycles. The SMILES string of the molecule is N[C@@H]1CCC[C@H]1CC(=O)NC(c1ccccc1)C1CCC1. The van der Waals surface area contributed by atoms with Gasteiger partial charge in [0.15, 0.2) is 0 Å². The Labute approximate surface area is 127 Å². The number of nitrogens with two attached hydrogens (primary N) is 1. The van der Waals surface area contributed by atoms with Crippen LogP contribution in [0.2, 0.25) is 0 Å². The summed E-state index contributed by atoms with van der Waals surface area (Å²) in [6.45, 7) is 0. The highest BCUT2D eigenvalue weighted by molar-refractivity contribution is 5.77. The van der Waals surface area contributed by atoms with Gasteiger partial charge in [0.1, 0.15) is 0 Å². The van der Waals surface area contributed by atoms with Crippen molar-refractivity contribution in [1.29, 1.82) is 0 Å². The van der Waals surface area contributed by atoms with Crippen LogP contribution in [0, 0.1) is 11.8 Å². The van der Waals surface area contributed by atoms with Gasteiger partial charge in [0.2, 0.25) is 5.91 Å². The lowest BCUT2D eigenvalue weighted by Crippen LogP contribution is -2.38. The molecule has 0 spiro atoms. The maximum absolute atomic E-state index is 12.4. The van der Waals surface area contributed by atoms with Gasteiger partial charge >= 0.3 is 0 Å². The lowest BCUT2D eigenvalue weighted by Gasteiger charge is -2.35. The second-order valence-electron chi connectivity index (χ2n) is 6.71. The van der Waals surface area contributed by atoms with Gasteiger partial charge in [-0.1, -0.05) is 43.2 Å². The number of hydrogen-bond acceptors (Lipinski definition) is 2. The molecule has 0 aliphatic heterocycles. The Bertz CT molecular complexity index is 469. The van der Waals surface area contributed by atoms with Crippen molar-refractivity contribution < 1.29 is 4.79 Å². The molecule has 2 aliphatic carbocycles. The molecule has 21 heavy (non-hydrogen) atoms. The largest absolute Gasteiger partial charge is 0.349 e. The lowest BCUT2D eigenvalue weighted by molar-refractivity contribution is -0.123. The summed E-state index contributed by atoms with van der Waals surface area (Å²) in [6.07, 6.45) is 7.68. The number of nitrogens with one attached hydrogen (secondary N) is 1. The first kappa shape index (κ1) is 14.6. The van der Waals surface area contributed by atoms with E-state index >= 15 is 0 Å². The normalized spacial score (nSPS) is 27.1. The molecule has 1 unspecified atom stereocenters. The van der Waals surface area contributed by atoms with Crippen molar-refractivity contribution in [3.8, 4) is 0 Å². The molecule has 2 fully saturated rings. The molecule has 2 saturated carbocycles. The third kappa shape index (κ3) is 3.46. The van der Waals surface area contributed by atoms with Crippen LogP contribution in [-0.4, -0.2) is 11.9 Å². The Morgan fingerprint density at radius 1 is 1.14 bits per heavy atom. The Morgan fingerprint density at radius 3 is 2.43 bits per heavy atom. The van der Waals surface area contributed by atoms with Crippen molar-refractivity contribution >= 4 is 5.91 Å². The van der Waals surface area contributed by atoms with Crippen molar-refractivity contribution in [2.75, 3.05) is 0 Å². The molecule has 3 atom stereocenters. The van der Waals surface area contributed by atoms with Gasteiger partial charge in [0.25, 0.3) is 0 Å². The summed E-state index contributed by atoms with van der Waals surface area (Å²) in [4.78, 5) is 12.4. The number of benzene rings is 1. The summed E-state index contributed by atoms with van der Waals surface area (Å²) < 4.78 is 0. The average molecular weight is 286 g/mol. The summed E-state index contributed by atoms with van der Waals surface area (Å²) in [6, 6.07) is 10.8. The second kappa shape index (κ2) is 6.61. The van der Waals surface area contributed by atoms with Crippen LogP contribution < -0.4 is 11.1 Å². The van der Waals surface area contributed by atoms with Crippen LogP contribution >= 0.6 is 0 Å². The Balaban J connectivity index is 1.62. The van der Waals surface area contributed by atoms with E-state index in [1.54, 1.807) is 0 Å². The molecule has 3 N–H and O–H groups in total. The number of amides is 1. The molecule has 3 nitrogen and oxygen atoms in total. The van der Waals surface area contributed by atoms with E-state index in [0.29, 0.717) is 18.3 Å². The third-order valence-electron chi connectivity index (χ3n) is 5.26. The molecule has 1 aromatic carbocycles. The predicted octanol–water partition coefficient (Wildman–Crippen LogP) is 3.16. The topological polar surface area (TPSA) is 55.1 Å². The summed E-state index contributed by atoms with van der Waals surface area (Å²) in [5, 5.41) is 3.29. The van der Waals surface area contributed by atoms with Gasteiger partial charge in [-0.3, -0.25) is 4.79 Å². The number of carbonyl (C=O) groups is 1. The fourth-order valence-electron chi connectivity index (χ4n) is 3.70. The molecule has 2 aliphatic rings. The van der Waals surface area contributed by atoms with Crippen LogP contribution in [0.1, 0.15) is 56.6 Å². The van der Waals surface area contributed by atoms with Crippen LogP contribution in [0.15, 0.2) is 30.3 Å². The summed E-state index contributed by atoms with van der Waals surface area (Å²) >= 11 is 0. The molecule has 114 valence electrons. The van der Waals surface area contributed by atoms with Crippen molar-refractivity contribution in [2.24, 2.45) is 17.6 Å². The van der Waals surface area contributed by atoms with E-state index in [-0.39, 0.29) is 18.0 Å². The van der Waals surface area contributed by atoms with E-state index < -0.39 is 0 Å². The van der Waals surface area contributed by atoms with Gasteiger partial charge in [0.05, 0.1) is 6.04 Å². The van der Waals surface area contributed by atoms with Gasteiger partial charge in [-0.2, -0.15) is 0 Å². The zero-order valence-electron chi connectivity index (χ0n) is 12.6. The minimum absolute atomic E-state index is 0.179. The Kier molecular flexibility index (Phi) is 4.59. The smallest absolute Gasteiger partial charge is 0.220 e. The molecule has 0 radical (unpaired) electrons. The van der Waals surface area contributed by atoms with Gasteiger partial charge in [-0.05, 0) is 43.1 Å². The summed E-state index contributed by atoms with van der Waals surface area (Å²) in [7, 11) is 0. The first-order valence-corrected chi connectivity index (χ1v) is 8.34. The molecule has 3 rings (SSSR count). The van der Waals surface area contributed by atoms with Gasteiger partial charge in [-0.15, -0.1) is 0 Å². The van der Waals surface area contributed by atoms with Gasteiger partial charge < -0.3 is 11.1 Å². The maximum Gasteiger partial charge on any atom is 0.220 e. The summed E-state index contributed by atoms with van der Waals surface area (Å²) in [5.41, 5.74) is 7.33. The van der Waals surface area contributed by atoms with Crippen LogP contribution in [0.3, 0.4) is 0 Å². The highest BCUT2D eigenvalue weighted by atomic mass is 16.1. The van der Waals surface area contributed by atoms with E-state index in [9.17, 15) is 4.79 Å². The first-order chi connectivity index (χ1) is 10.2. The van der Waals surface area contributed by atoms with Crippen LogP contribution in [-0.2, 0) is 4.79 Å². The molecule has 3 heteroatoms. The number of carbonyl (C=O) groups excluding carboxylic acids is 1. The van der Waals surface area contributed by atoms with Crippen LogP contribution in [0.25, 0.3) is 0 Å². The summed E-state index contributed by atoms with van der Waals surface area (Å²) in [5.74, 6) is 1.16. The highest BCUT2D eigenvalue weighted by Gasteiger charge is 2.31. The molecular formula is C18H26N2O. The zero-order chi connectivity index (χ0) is 14.7. The fraction of sp³-hybridized carbons (Fsp3) is 0.611. The van der Waals surface area contributed by atoms with Crippen molar-refractivity contribution in [3.63, 3.8) is 0 Å². The quantitative estimate of drug-likeness (QED) is 0.873. The molecule has 0 aromatic heterocycles. The monoisotopic (exact) mass is 286 g/mol. The van der Waals surface area contributed by atoms with Crippen LogP contribution in [0.5, 0.6) is 0 Å². The van der Waals surface area contributed by atoms with Gasteiger partial charge in [0, 0.05) is 12.5 Å². The minimum atomic E-state index is 0.179. The second-order valence-corrected chi connectivity index (χ2v) is 6.71. The van der Waals surface area contributed by atoms with E-state index in [2.05, 4.69) is 29.6 Å². The Hall–Kier alpha value is -1.35. The molecule has 1 aromatic rings. The standard InChI is InChI=1S/C18H26N2O/c19-16-11-5-10-15(16)12-17(21)20-18(14-8-4-9-14)13-6-2-1-3-7-13/h1-3,6-7,14-16,18H,4-5,8-12,19H2,(H,20,21)/t15-,16+,18?/m0/s1. The molecule has 0 bridgehead atoms. The number of hydrogen-bond donors (Lipinski definition) is 2. The van der Waals surface area contributed by atoms with Crippen molar-refractivity contribution in [2.45, 2.75) is 57.0 Å². The highest BCUT2D eigenvalue weighted by Crippen LogP contribution is 2.38. The van der Waals surface area contributed by atoms with Gasteiger partial charge in [-0.25, -0.2) is 0 Å². The van der Waals surface area contributed by atoms with E-state index in [4.69, 9.17) is 5.73 Å². The van der Waals surface area contributed by atoms with Crippen molar-refractivity contribution in [1.82, 2.24) is 5.32 Å². The third-order valence-corrected chi connectivity index (χ3v) is 5.26. The average Bonchev–Trinajstić information content (AvgIpc) is 2.82. The number of rotatable bonds is 5. The Morgan fingerprint density at radius 2 is 1.86 bits per heavy atom. The lowest BCUT2D eigenvalue weighted by atomic mass is 9.77. The maximum atomic E-state index is 12.4. The van der Waals surface area contributed by atoms with E-state index in [1.165, 1.54) is 31.2 Å². The predicted molar refractivity (Wildman–Crippen MR) is 84.6 cm³/mol. The van der Waals surface area contributed by atoms with Crippen molar-refractivity contribution in [3.05, 3.63) is 35.9 Å². The minimum Gasteiger partial charge on any atom is -0.349 e. The van der Waals surface area contributed by atoms with E-state index in [0.717, 1.165) is 12.8 Å². The van der Waals surface area contributed by atoms with Crippen LogP contribution in [0.4, 0.5) is 0 Å². The molecule has 0 saturated heterocycles. The molecular weight excluding hydrogens is 260 g/mol.